The van der Waals surface area contributed by atoms with Crippen molar-refractivity contribution >= 4 is 35.9 Å². The number of fused-ring (bicyclic) bond motifs is 6. The number of carbonyl (C=O) groups excluding carboxylic acids is 1. The van der Waals surface area contributed by atoms with Crippen molar-refractivity contribution < 1.29 is 22.4 Å². The second kappa shape index (κ2) is 12.9. The Hall–Kier alpha value is -3.49. The maximum atomic E-state index is 13.8. The number of pyridine rings is 2. The molecule has 2 saturated carbocycles. The van der Waals surface area contributed by atoms with Gasteiger partial charge in [-0.3, -0.25) is 4.79 Å². The first-order valence-corrected chi connectivity index (χ1v) is 22.8. The summed E-state index contributed by atoms with van der Waals surface area (Å²) in [6.07, 6.45) is 9.63. The Balaban J connectivity index is 1.16. The zero-order valence-corrected chi connectivity index (χ0v) is 32.8. The maximum Gasteiger partial charge on any atom is 0.281 e. The minimum atomic E-state index is -4.25. The minimum Gasteiger partial charge on any atom is -0.474 e. The number of carbonyl (C=O) groups is 1. The van der Waals surface area contributed by atoms with Crippen molar-refractivity contribution in [3.05, 3.63) is 48.2 Å². The second-order valence-corrected chi connectivity index (χ2v) is 23.6. The van der Waals surface area contributed by atoms with Crippen LogP contribution in [0.5, 0.6) is 5.88 Å². The quantitative estimate of drug-likeness (QED) is 0.257. The summed E-state index contributed by atoms with van der Waals surface area (Å²) in [6, 6.07) is 9.87. The maximum absolute atomic E-state index is 13.8. The van der Waals surface area contributed by atoms with E-state index in [4.69, 9.17) is 19.2 Å². The summed E-state index contributed by atoms with van der Waals surface area (Å²) < 4.78 is 44.0. The smallest absolute Gasteiger partial charge is 0.281 e. The number of amides is 1. The first-order valence-electron chi connectivity index (χ1n) is 18.4. The highest BCUT2D eigenvalue weighted by Crippen LogP contribution is 2.66. The van der Waals surface area contributed by atoms with Gasteiger partial charge in [-0.2, -0.15) is 8.42 Å². The monoisotopic (exact) mass is 735 g/mol. The van der Waals surface area contributed by atoms with Crippen LogP contribution in [0.1, 0.15) is 89.9 Å². The zero-order chi connectivity index (χ0) is 36.4. The lowest BCUT2D eigenvalue weighted by Crippen LogP contribution is -2.51. The van der Waals surface area contributed by atoms with Gasteiger partial charge in [0.15, 0.2) is 19.2 Å². The molecule has 3 atom stereocenters. The van der Waals surface area contributed by atoms with E-state index in [0.717, 1.165) is 19.3 Å². The molecule has 3 aromatic heterocycles. The van der Waals surface area contributed by atoms with Gasteiger partial charge in [0.05, 0.1) is 11.7 Å². The molecule has 1 spiro atoms. The van der Waals surface area contributed by atoms with E-state index in [9.17, 15) is 13.2 Å². The number of sulfonamides is 1. The van der Waals surface area contributed by atoms with Crippen LogP contribution in [0.4, 0.5) is 11.6 Å². The topological polar surface area (TPSA) is 141 Å². The van der Waals surface area contributed by atoms with Gasteiger partial charge in [-0.05, 0) is 118 Å². The molecule has 1 saturated heterocycles. The summed E-state index contributed by atoms with van der Waals surface area (Å²) in [6.45, 7) is 17.5. The van der Waals surface area contributed by atoms with Crippen LogP contribution in [0.25, 0.3) is 5.82 Å². The molecule has 4 aliphatic rings. The number of hydrogen-bond acceptors (Lipinski definition) is 10. The highest BCUT2D eigenvalue weighted by atomic mass is 32.2. The van der Waals surface area contributed by atoms with Crippen LogP contribution >= 0.6 is 0 Å². The number of rotatable bonds is 7. The zero-order valence-electron chi connectivity index (χ0n) is 31.0. The van der Waals surface area contributed by atoms with E-state index in [1.807, 2.05) is 6.07 Å². The van der Waals surface area contributed by atoms with E-state index in [1.165, 1.54) is 31.7 Å². The second-order valence-electron chi connectivity index (χ2n) is 17.2. The van der Waals surface area contributed by atoms with Crippen molar-refractivity contribution in [2.24, 2.45) is 17.3 Å². The van der Waals surface area contributed by atoms with E-state index in [2.05, 4.69) is 67.6 Å². The van der Waals surface area contributed by atoms with Gasteiger partial charge in [-0.15, -0.1) is 5.10 Å². The molecule has 5 heterocycles. The Bertz CT molecular complexity index is 1900. The third kappa shape index (κ3) is 7.15. The molecule has 0 radical (unpaired) electrons. The Labute approximate surface area is 303 Å². The number of nitrogens with one attached hydrogen (secondary N) is 2. The molecule has 3 fully saturated rings. The molecule has 1 amide bonds. The predicted octanol–water partition coefficient (Wildman–Crippen LogP) is 6.55. The van der Waals surface area contributed by atoms with Crippen molar-refractivity contribution in [2.45, 2.75) is 114 Å². The fourth-order valence-corrected chi connectivity index (χ4v) is 10.2. The Morgan fingerprint density at radius 1 is 1.06 bits per heavy atom. The molecule has 2 aliphatic heterocycles. The van der Waals surface area contributed by atoms with Gasteiger partial charge >= 0.3 is 0 Å². The average molecular weight is 736 g/mol. The minimum absolute atomic E-state index is 0.0227. The van der Waals surface area contributed by atoms with Crippen LogP contribution in [0.3, 0.4) is 0 Å². The van der Waals surface area contributed by atoms with Gasteiger partial charge in [0.1, 0.15) is 18.2 Å². The van der Waals surface area contributed by atoms with Crippen molar-refractivity contribution in [1.29, 1.82) is 0 Å². The van der Waals surface area contributed by atoms with Crippen LogP contribution in [0.2, 0.25) is 18.1 Å². The van der Waals surface area contributed by atoms with Gasteiger partial charge in [0, 0.05) is 30.9 Å². The molecular weight excluding hydrogens is 683 g/mol. The van der Waals surface area contributed by atoms with Crippen molar-refractivity contribution in [1.82, 2.24) is 24.5 Å². The first-order chi connectivity index (χ1) is 24.0. The number of nitrogens with zero attached hydrogens (tertiary/aromatic N) is 5. The molecular formula is C37H53N7O5SSi. The first kappa shape index (κ1) is 35.9. The highest BCUT2D eigenvalue weighted by molar-refractivity contribution is 7.90. The van der Waals surface area contributed by atoms with E-state index in [0.29, 0.717) is 60.3 Å². The van der Waals surface area contributed by atoms with Crippen molar-refractivity contribution in [3.8, 4) is 11.7 Å². The summed E-state index contributed by atoms with van der Waals surface area (Å²) in [5.41, 5.74) is 0.293. The predicted molar refractivity (Wildman–Crippen MR) is 199 cm³/mol. The Kier molecular flexibility index (Phi) is 9.06. The molecule has 3 aromatic rings. The molecule has 4 bridgehead atoms. The Morgan fingerprint density at radius 2 is 1.84 bits per heavy atom. The highest BCUT2D eigenvalue weighted by Gasteiger charge is 2.59. The van der Waals surface area contributed by atoms with E-state index in [-0.39, 0.29) is 27.3 Å². The van der Waals surface area contributed by atoms with Crippen LogP contribution < -0.4 is 19.7 Å². The molecule has 276 valence electrons. The van der Waals surface area contributed by atoms with E-state index < -0.39 is 24.2 Å². The molecule has 2 N–H and O–H groups in total. The summed E-state index contributed by atoms with van der Waals surface area (Å²) in [5.74, 6) is 1.98. The number of hydrogen-bond donors (Lipinski definition) is 2. The van der Waals surface area contributed by atoms with Crippen LogP contribution in [0, 0.1) is 17.3 Å². The largest absolute Gasteiger partial charge is 0.474 e. The lowest BCUT2D eigenvalue weighted by molar-refractivity contribution is -0.0192. The molecule has 0 aromatic carbocycles. The van der Waals surface area contributed by atoms with Gasteiger partial charge in [-0.1, -0.05) is 26.8 Å². The van der Waals surface area contributed by atoms with Crippen molar-refractivity contribution in [3.63, 3.8) is 0 Å². The average Bonchev–Trinajstić information content (AvgIpc) is 3.66. The summed E-state index contributed by atoms with van der Waals surface area (Å²) in [5, 5.41) is 7.86. The number of aromatic nitrogens is 4. The lowest BCUT2D eigenvalue weighted by atomic mass is 9.67. The van der Waals surface area contributed by atoms with Gasteiger partial charge < -0.3 is 19.4 Å². The molecule has 7 rings (SSSR count). The fourth-order valence-electron chi connectivity index (χ4n) is 7.95. The molecule has 2 unspecified atom stereocenters. The van der Waals surface area contributed by atoms with E-state index >= 15 is 0 Å². The third-order valence-electron chi connectivity index (χ3n) is 12.2. The lowest BCUT2D eigenvalue weighted by Gasteiger charge is -2.47. The summed E-state index contributed by atoms with van der Waals surface area (Å²) >= 11 is 0. The summed E-state index contributed by atoms with van der Waals surface area (Å²) in [7, 11) is -6.27. The third-order valence-corrected chi connectivity index (χ3v) is 17.9. The fraction of sp³-hybridized carbons (Fsp3) is 0.622. The van der Waals surface area contributed by atoms with Gasteiger partial charge in [0.2, 0.25) is 5.88 Å². The Morgan fingerprint density at radius 3 is 2.55 bits per heavy atom. The van der Waals surface area contributed by atoms with Crippen LogP contribution in [-0.2, 0) is 14.4 Å². The van der Waals surface area contributed by atoms with Crippen LogP contribution in [0.15, 0.2) is 47.6 Å². The molecule has 2 aliphatic carbocycles. The standard InChI is InChI=1S/C37H53N7O5SSi/c1-35(2,3)51(6,7)49-28(27-15-17-37(27)18-19-37)24-48-31-16-21-44(41-31)30-14-13-26-33(40-30)43-23-25(22-36(43,4)5)10-9-20-38-29-11-8-12-32(39-29)50(46,47)42-34(26)45/h8,11-14,16,21,25,27-28H,9-10,15,17-20,22-24H2,1-7H3,(H,38,39)(H,42,45)/t25-,27?,28?/m0/s1. The number of ether oxygens (including phenoxy) is 1. The molecule has 12 nitrogen and oxygen atoms in total. The van der Waals surface area contributed by atoms with Gasteiger partial charge in [-0.25, -0.2) is 19.4 Å². The van der Waals surface area contributed by atoms with Crippen LogP contribution in [-0.4, -0.2) is 73.7 Å². The summed E-state index contributed by atoms with van der Waals surface area (Å²) in [4.78, 5) is 25.2. The molecule has 51 heavy (non-hydrogen) atoms. The normalized spacial score (nSPS) is 24.3. The number of anilines is 2. The van der Waals surface area contributed by atoms with E-state index in [1.54, 1.807) is 35.1 Å². The molecule has 14 heteroatoms. The van der Waals surface area contributed by atoms with Crippen molar-refractivity contribution in [2.75, 3.05) is 29.9 Å². The SMILES string of the molecule is CC1(C)C[C@@H]2CCCNc3cccc(n3)S(=O)(=O)NC(=O)c3ccc(-n4ccc(OCC(O[Si](C)(C)C(C)(C)C)C5CCC56CC6)n4)nc3N1C2. The van der Waals surface area contributed by atoms with Gasteiger partial charge in [0.25, 0.3) is 15.9 Å².